The molecule has 0 saturated heterocycles. The lowest BCUT2D eigenvalue weighted by Gasteiger charge is -2.09. The smallest absolute Gasteiger partial charge is 0.194 e. The molecule has 0 aliphatic rings. The summed E-state index contributed by atoms with van der Waals surface area (Å²) in [5.74, 6) is 1.08. The van der Waals surface area contributed by atoms with E-state index in [1.807, 2.05) is 30.3 Å². The highest BCUT2D eigenvalue weighted by molar-refractivity contribution is 5.95. The van der Waals surface area contributed by atoms with E-state index in [2.05, 4.69) is 9.97 Å². The van der Waals surface area contributed by atoms with Crippen LogP contribution in [-0.2, 0) is 0 Å². The number of rotatable bonds is 6. The van der Waals surface area contributed by atoms with E-state index in [4.69, 9.17) is 4.74 Å². The number of aldehydes is 3. The van der Waals surface area contributed by atoms with Crippen LogP contribution in [0.25, 0.3) is 11.1 Å². The Balaban J connectivity index is 1.98. The second-order valence-electron chi connectivity index (χ2n) is 5.02. The molecule has 0 unspecified atom stereocenters. The third-order valence-electron chi connectivity index (χ3n) is 3.43. The predicted molar refractivity (Wildman–Crippen MR) is 90.1 cm³/mol. The molecule has 0 bridgehead atoms. The zero-order chi connectivity index (χ0) is 17.6. The lowest BCUT2D eigenvalue weighted by atomic mass is 10.0. The van der Waals surface area contributed by atoms with Crippen molar-refractivity contribution >= 4 is 18.9 Å². The summed E-state index contributed by atoms with van der Waals surface area (Å²) in [6.45, 7) is 0. The average molecular weight is 332 g/mol. The highest BCUT2D eigenvalue weighted by Crippen LogP contribution is 2.28. The van der Waals surface area contributed by atoms with Gasteiger partial charge in [-0.15, -0.1) is 0 Å². The van der Waals surface area contributed by atoms with E-state index in [1.54, 1.807) is 24.3 Å². The number of aromatic nitrogens is 2. The normalized spacial score (nSPS) is 10.1. The van der Waals surface area contributed by atoms with Gasteiger partial charge in [-0.2, -0.15) is 0 Å². The van der Waals surface area contributed by atoms with Crippen molar-refractivity contribution < 1.29 is 19.1 Å². The molecule has 0 saturated carbocycles. The largest absolute Gasteiger partial charge is 0.457 e. The quantitative estimate of drug-likeness (QED) is 0.643. The first-order valence-electron chi connectivity index (χ1n) is 7.36. The van der Waals surface area contributed by atoms with Crippen LogP contribution in [0.1, 0.15) is 31.6 Å². The van der Waals surface area contributed by atoms with E-state index in [1.165, 1.54) is 0 Å². The fraction of sp³-hybridized carbons (Fsp3) is 0. The van der Waals surface area contributed by atoms with E-state index < -0.39 is 0 Å². The molecule has 3 aromatic rings. The van der Waals surface area contributed by atoms with E-state index in [0.717, 1.165) is 0 Å². The number of nitrogens with zero attached hydrogens (tertiary/aromatic N) is 2. The lowest BCUT2D eigenvalue weighted by molar-refractivity contribution is 0.111. The second-order valence-corrected chi connectivity index (χ2v) is 5.02. The van der Waals surface area contributed by atoms with Gasteiger partial charge in [-0.05, 0) is 29.8 Å². The van der Waals surface area contributed by atoms with Gasteiger partial charge in [0.05, 0.1) is 0 Å². The van der Waals surface area contributed by atoms with Crippen LogP contribution in [0.15, 0.2) is 54.6 Å². The maximum atomic E-state index is 11.3. The summed E-state index contributed by atoms with van der Waals surface area (Å²) in [7, 11) is 0. The van der Waals surface area contributed by atoms with Crippen molar-refractivity contribution in [2.24, 2.45) is 0 Å². The van der Waals surface area contributed by atoms with Crippen LogP contribution >= 0.6 is 0 Å². The number of para-hydroxylation sites is 1. The molecule has 0 radical (unpaired) electrons. The Morgan fingerprint density at radius 2 is 1.24 bits per heavy atom. The number of carbonyl (C=O) groups is 3. The maximum Gasteiger partial charge on any atom is 0.194 e. The molecular weight excluding hydrogens is 320 g/mol. The monoisotopic (exact) mass is 332 g/mol. The van der Waals surface area contributed by atoms with Crippen molar-refractivity contribution in [3.8, 4) is 22.6 Å². The number of benzene rings is 2. The number of ether oxygens (including phenoxy) is 1. The Labute approximate surface area is 143 Å². The summed E-state index contributed by atoms with van der Waals surface area (Å²) < 4.78 is 5.70. The summed E-state index contributed by atoms with van der Waals surface area (Å²) in [6, 6.07) is 16.1. The summed E-state index contributed by atoms with van der Waals surface area (Å²) in [6.07, 6.45) is 1.37. The zero-order valence-corrected chi connectivity index (χ0v) is 13.0. The Morgan fingerprint density at radius 3 is 1.76 bits per heavy atom. The SMILES string of the molecule is O=Cc1nc(C=O)c(-c2ccc(Oc3ccccc3)cc2)c(C=O)n1. The third-order valence-corrected chi connectivity index (χ3v) is 3.43. The van der Waals surface area contributed by atoms with Gasteiger partial charge >= 0.3 is 0 Å². The Bertz CT molecular complexity index is 893. The first-order valence-corrected chi connectivity index (χ1v) is 7.36. The minimum atomic E-state index is -0.211. The minimum absolute atomic E-state index is 0.0177. The molecule has 0 spiro atoms. The molecule has 3 rings (SSSR count). The van der Waals surface area contributed by atoms with E-state index in [0.29, 0.717) is 35.9 Å². The highest BCUT2D eigenvalue weighted by atomic mass is 16.5. The van der Waals surface area contributed by atoms with Crippen molar-refractivity contribution in [3.63, 3.8) is 0 Å². The Kier molecular flexibility index (Phi) is 4.71. The van der Waals surface area contributed by atoms with Crippen LogP contribution in [0.2, 0.25) is 0 Å². The van der Waals surface area contributed by atoms with Gasteiger partial charge in [-0.25, -0.2) is 9.97 Å². The highest BCUT2D eigenvalue weighted by Gasteiger charge is 2.15. The molecule has 1 heterocycles. The molecule has 1 aromatic heterocycles. The van der Waals surface area contributed by atoms with Crippen LogP contribution < -0.4 is 4.74 Å². The summed E-state index contributed by atoms with van der Waals surface area (Å²) in [5.41, 5.74) is 0.816. The maximum absolute atomic E-state index is 11.3. The molecule has 6 nitrogen and oxygen atoms in total. The number of hydrogen-bond acceptors (Lipinski definition) is 6. The van der Waals surface area contributed by atoms with Crippen LogP contribution in [0.5, 0.6) is 11.5 Å². The molecule has 0 atom stereocenters. The first-order chi connectivity index (χ1) is 12.2. The van der Waals surface area contributed by atoms with Gasteiger partial charge in [-0.1, -0.05) is 30.3 Å². The van der Waals surface area contributed by atoms with Crippen molar-refractivity contribution in [1.29, 1.82) is 0 Å². The van der Waals surface area contributed by atoms with Gasteiger partial charge in [0.15, 0.2) is 24.7 Å². The van der Waals surface area contributed by atoms with Gasteiger partial charge in [0.25, 0.3) is 0 Å². The number of carbonyl (C=O) groups excluding carboxylic acids is 3. The molecule has 2 aromatic carbocycles. The predicted octanol–water partition coefficient (Wildman–Crippen LogP) is 3.37. The van der Waals surface area contributed by atoms with E-state index in [9.17, 15) is 14.4 Å². The Hall–Kier alpha value is -3.67. The van der Waals surface area contributed by atoms with Crippen LogP contribution in [-0.4, -0.2) is 28.8 Å². The molecule has 25 heavy (non-hydrogen) atoms. The average Bonchev–Trinajstić information content (AvgIpc) is 2.68. The standard InChI is InChI=1S/C19H12N2O4/c22-10-16-19(17(11-23)21-18(12-24)20-16)13-6-8-15(9-7-13)25-14-4-2-1-3-5-14/h1-12H. The van der Waals surface area contributed by atoms with Gasteiger partial charge in [-0.3, -0.25) is 14.4 Å². The molecule has 6 heteroatoms. The van der Waals surface area contributed by atoms with E-state index in [-0.39, 0.29) is 22.8 Å². The topological polar surface area (TPSA) is 86.2 Å². The van der Waals surface area contributed by atoms with Gasteiger partial charge in [0, 0.05) is 5.56 Å². The third kappa shape index (κ3) is 3.48. The van der Waals surface area contributed by atoms with Crippen molar-refractivity contribution in [2.75, 3.05) is 0 Å². The fourth-order valence-electron chi connectivity index (χ4n) is 2.35. The molecule has 0 N–H and O–H groups in total. The molecular formula is C19H12N2O4. The summed E-state index contributed by atoms with van der Waals surface area (Å²) >= 11 is 0. The minimum Gasteiger partial charge on any atom is -0.457 e. The van der Waals surface area contributed by atoms with Crippen molar-refractivity contribution in [1.82, 2.24) is 9.97 Å². The molecule has 0 amide bonds. The fourth-order valence-corrected chi connectivity index (χ4v) is 2.35. The van der Waals surface area contributed by atoms with Crippen molar-refractivity contribution in [3.05, 3.63) is 71.8 Å². The van der Waals surface area contributed by atoms with Crippen LogP contribution in [0.4, 0.5) is 0 Å². The molecule has 0 fully saturated rings. The Morgan fingerprint density at radius 1 is 0.680 bits per heavy atom. The first kappa shape index (κ1) is 16.2. The number of hydrogen-bond donors (Lipinski definition) is 0. The van der Waals surface area contributed by atoms with Gasteiger partial charge < -0.3 is 4.74 Å². The summed E-state index contributed by atoms with van der Waals surface area (Å²) in [5, 5.41) is 0. The molecule has 122 valence electrons. The second kappa shape index (κ2) is 7.27. The van der Waals surface area contributed by atoms with Crippen LogP contribution in [0, 0.1) is 0 Å². The van der Waals surface area contributed by atoms with Gasteiger partial charge in [0.2, 0.25) is 0 Å². The van der Waals surface area contributed by atoms with E-state index >= 15 is 0 Å². The van der Waals surface area contributed by atoms with Crippen LogP contribution in [0.3, 0.4) is 0 Å². The lowest BCUT2D eigenvalue weighted by Crippen LogP contribution is -2.06. The van der Waals surface area contributed by atoms with Crippen molar-refractivity contribution in [2.45, 2.75) is 0 Å². The van der Waals surface area contributed by atoms with Gasteiger partial charge in [0.1, 0.15) is 22.9 Å². The molecule has 0 aliphatic heterocycles. The zero-order valence-electron chi connectivity index (χ0n) is 13.0. The molecule has 0 aliphatic carbocycles. The summed E-state index contributed by atoms with van der Waals surface area (Å²) in [4.78, 5) is 41.1.